The number of hydrogen-bond acceptors (Lipinski definition) is 3. The van der Waals surface area contributed by atoms with E-state index in [0.29, 0.717) is 12.1 Å². The van der Waals surface area contributed by atoms with Crippen LogP contribution in [0, 0.1) is 5.82 Å². The van der Waals surface area contributed by atoms with Crippen molar-refractivity contribution in [3.05, 3.63) is 35.6 Å². The summed E-state index contributed by atoms with van der Waals surface area (Å²) < 4.78 is 13.7. The van der Waals surface area contributed by atoms with Crippen LogP contribution in [0.25, 0.3) is 0 Å². The number of aliphatic imine (C=N–C) groups is 1. The van der Waals surface area contributed by atoms with Gasteiger partial charge in [0.25, 0.3) is 0 Å². The first-order valence-electron chi connectivity index (χ1n) is 9.35. The number of rotatable bonds is 7. The van der Waals surface area contributed by atoms with E-state index < -0.39 is 0 Å². The van der Waals surface area contributed by atoms with E-state index in [-0.39, 0.29) is 5.82 Å². The van der Waals surface area contributed by atoms with Crippen LogP contribution in [0.15, 0.2) is 29.3 Å². The molecule has 0 aliphatic carbocycles. The molecule has 1 aliphatic rings. The summed E-state index contributed by atoms with van der Waals surface area (Å²) in [5.74, 6) is 0.551. The molecule has 1 saturated heterocycles. The van der Waals surface area contributed by atoms with Gasteiger partial charge >= 0.3 is 0 Å². The molecular formula is C19H32FN5. The molecule has 1 fully saturated rings. The monoisotopic (exact) mass is 349 g/mol. The highest BCUT2D eigenvalue weighted by molar-refractivity contribution is 5.79. The van der Waals surface area contributed by atoms with Crippen molar-refractivity contribution in [2.24, 2.45) is 4.99 Å². The van der Waals surface area contributed by atoms with Crippen molar-refractivity contribution in [1.82, 2.24) is 20.4 Å². The van der Waals surface area contributed by atoms with E-state index in [1.165, 1.54) is 25.6 Å². The van der Waals surface area contributed by atoms with Crippen LogP contribution in [0.3, 0.4) is 0 Å². The summed E-state index contributed by atoms with van der Waals surface area (Å²) in [6.45, 7) is 9.84. The molecule has 1 aromatic rings. The minimum atomic E-state index is -0.201. The van der Waals surface area contributed by atoms with Crippen molar-refractivity contribution in [3.63, 3.8) is 0 Å². The molecule has 0 atom stereocenters. The van der Waals surface area contributed by atoms with Crippen LogP contribution < -0.4 is 10.6 Å². The van der Waals surface area contributed by atoms with Gasteiger partial charge in [-0.15, -0.1) is 0 Å². The van der Waals surface area contributed by atoms with Gasteiger partial charge in [-0.05, 0) is 52.5 Å². The molecule has 0 unspecified atom stereocenters. The minimum Gasteiger partial charge on any atom is -0.357 e. The molecule has 0 aromatic heterocycles. The standard InChI is InChI=1S/C19H32FN5/c1-3-21-19(23-16-17-8-4-5-9-18(17)20)22-10-6-12-25-13-7-11-24(2)14-15-25/h4-5,8-9H,3,6-7,10-16H2,1-2H3,(H2,21,22,23). The molecule has 1 aromatic carbocycles. The van der Waals surface area contributed by atoms with Crippen molar-refractivity contribution in [3.8, 4) is 0 Å². The van der Waals surface area contributed by atoms with Crippen LogP contribution in [0.5, 0.6) is 0 Å². The number of nitrogens with zero attached hydrogens (tertiary/aromatic N) is 3. The van der Waals surface area contributed by atoms with Crippen LogP contribution in [-0.4, -0.2) is 68.6 Å². The second-order valence-electron chi connectivity index (χ2n) is 6.57. The highest BCUT2D eigenvalue weighted by Crippen LogP contribution is 2.07. The van der Waals surface area contributed by atoms with Crippen molar-refractivity contribution in [1.29, 1.82) is 0 Å². The number of likely N-dealkylation sites (N-methyl/N-ethyl adjacent to an activating group) is 1. The molecule has 0 saturated carbocycles. The number of hydrogen-bond donors (Lipinski definition) is 2. The number of guanidine groups is 1. The molecule has 0 spiro atoms. The van der Waals surface area contributed by atoms with E-state index in [2.05, 4.69) is 32.5 Å². The third-order valence-corrected chi connectivity index (χ3v) is 4.47. The highest BCUT2D eigenvalue weighted by atomic mass is 19.1. The van der Waals surface area contributed by atoms with E-state index in [9.17, 15) is 4.39 Å². The lowest BCUT2D eigenvalue weighted by molar-refractivity contribution is 0.274. The normalized spacial score (nSPS) is 17.3. The second-order valence-corrected chi connectivity index (χ2v) is 6.57. The maximum absolute atomic E-state index is 13.7. The van der Waals surface area contributed by atoms with Crippen molar-refractivity contribution in [2.75, 3.05) is 52.9 Å². The van der Waals surface area contributed by atoms with E-state index in [1.807, 2.05) is 13.0 Å². The summed E-state index contributed by atoms with van der Waals surface area (Å²) in [6.07, 6.45) is 2.32. The largest absolute Gasteiger partial charge is 0.357 e. The smallest absolute Gasteiger partial charge is 0.191 e. The zero-order valence-corrected chi connectivity index (χ0v) is 15.6. The van der Waals surface area contributed by atoms with Crippen LogP contribution in [0.1, 0.15) is 25.3 Å². The summed E-state index contributed by atoms with van der Waals surface area (Å²) in [6, 6.07) is 6.79. The Kier molecular flexibility index (Phi) is 8.69. The van der Waals surface area contributed by atoms with Gasteiger partial charge in [-0.25, -0.2) is 9.38 Å². The molecule has 5 nitrogen and oxygen atoms in total. The molecule has 1 aliphatic heterocycles. The summed E-state index contributed by atoms with van der Waals surface area (Å²) in [5, 5.41) is 6.58. The van der Waals surface area contributed by atoms with Gasteiger partial charge in [-0.1, -0.05) is 18.2 Å². The third-order valence-electron chi connectivity index (χ3n) is 4.47. The third kappa shape index (κ3) is 7.40. The zero-order valence-electron chi connectivity index (χ0n) is 15.6. The van der Waals surface area contributed by atoms with Crippen LogP contribution >= 0.6 is 0 Å². The number of halogens is 1. The lowest BCUT2D eigenvalue weighted by Gasteiger charge is -2.20. The van der Waals surface area contributed by atoms with Gasteiger partial charge in [0.2, 0.25) is 0 Å². The van der Waals surface area contributed by atoms with Gasteiger partial charge < -0.3 is 20.4 Å². The predicted molar refractivity (Wildman–Crippen MR) is 102 cm³/mol. The van der Waals surface area contributed by atoms with Crippen molar-refractivity contribution in [2.45, 2.75) is 26.3 Å². The van der Waals surface area contributed by atoms with Crippen molar-refractivity contribution < 1.29 is 4.39 Å². The summed E-state index contributed by atoms with van der Waals surface area (Å²) in [7, 11) is 2.19. The molecule has 25 heavy (non-hydrogen) atoms. The van der Waals surface area contributed by atoms with Gasteiger partial charge in [0, 0.05) is 31.7 Å². The maximum Gasteiger partial charge on any atom is 0.191 e. The molecule has 6 heteroatoms. The lowest BCUT2D eigenvalue weighted by Crippen LogP contribution is -2.39. The Hall–Kier alpha value is -1.66. The topological polar surface area (TPSA) is 42.9 Å². The molecule has 140 valence electrons. The molecule has 2 N–H and O–H groups in total. The molecule has 0 amide bonds. The fourth-order valence-corrected chi connectivity index (χ4v) is 2.97. The van der Waals surface area contributed by atoms with Gasteiger partial charge in [0.1, 0.15) is 5.82 Å². The Bertz CT molecular complexity index is 534. The summed E-state index contributed by atoms with van der Waals surface area (Å²) in [4.78, 5) is 9.42. The van der Waals surface area contributed by atoms with Crippen LogP contribution in [0.2, 0.25) is 0 Å². The fraction of sp³-hybridized carbons (Fsp3) is 0.632. The molecular weight excluding hydrogens is 317 g/mol. The summed E-state index contributed by atoms with van der Waals surface area (Å²) >= 11 is 0. The quantitative estimate of drug-likeness (QED) is 0.448. The molecule has 0 radical (unpaired) electrons. The Morgan fingerprint density at radius 3 is 2.80 bits per heavy atom. The fourth-order valence-electron chi connectivity index (χ4n) is 2.97. The van der Waals surface area contributed by atoms with E-state index in [0.717, 1.165) is 45.1 Å². The first-order chi connectivity index (χ1) is 12.2. The molecule has 1 heterocycles. The molecule has 2 rings (SSSR count). The minimum absolute atomic E-state index is 0.201. The Labute approximate surface area is 151 Å². The van der Waals surface area contributed by atoms with E-state index in [4.69, 9.17) is 0 Å². The highest BCUT2D eigenvalue weighted by Gasteiger charge is 2.11. The van der Waals surface area contributed by atoms with E-state index >= 15 is 0 Å². The molecule has 0 bridgehead atoms. The first-order valence-corrected chi connectivity index (χ1v) is 9.35. The van der Waals surface area contributed by atoms with Crippen LogP contribution in [-0.2, 0) is 6.54 Å². The average molecular weight is 349 g/mol. The Balaban J connectivity index is 1.73. The van der Waals surface area contributed by atoms with Gasteiger partial charge in [-0.2, -0.15) is 0 Å². The Morgan fingerprint density at radius 2 is 2.00 bits per heavy atom. The number of nitrogens with one attached hydrogen (secondary N) is 2. The summed E-state index contributed by atoms with van der Waals surface area (Å²) in [5.41, 5.74) is 0.619. The predicted octanol–water partition coefficient (Wildman–Crippen LogP) is 1.91. The number of benzene rings is 1. The van der Waals surface area contributed by atoms with Gasteiger partial charge in [-0.3, -0.25) is 0 Å². The Morgan fingerprint density at radius 1 is 1.16 bits per heavy atom. The van der Waals surface area contributed by atoms with Crippen LogP contribution in [0.4, 0.5) is 4.39 Å². The van der Waals surface area contributed by atoms with E-state index in [1.54, 1.807) is 12.1 Å². The SMILES string of the molecule is CCNC(=NCc1ccccc1F)NCCCN1CCCN(C)CC1. The zero-order chi connectivity index (χ0) is 17.9. The van der Waals surface area contributed by atoms with Gasteiger partial charge in [0.15, 0.2) is 5.96 Å². The maximum atomic E-state index is 13.7. The second kappa shape index (κ2) is 11.1. The average Bonchev–Trinajstić information content (AvgIpc) is 2.82. The van der Waals surface area contributed by atoms with Crippen molar-refractivity contribution >= 4 is 5.96 Å². The van der Waals surface area contributed by atoms with Gasteiger partial charge in [0.05, 0.1) is 6.54 Å². The lowest BCUT2D eigenvalue weighted by atomic mass is 10.2. The first kappa shape index (κ1) is 19.7.